The lowest BCUT2D eigenvalue weighted by Gasteiger charge is -2.34. The van der Waals surface area contributed by atoms with Gasteiger partial charge in [-0.15, -0.1) is 11.3 Å². The molecule has 60 heavy (non-hydrogen) atoms. The summed E-state index contributed by atoms with van der Waals surface area (Å²) in [5, 5.41) is 2.59. The number of thiophene rings is 1. The summed E-state index contributed by atoms with van der Waals surface area (Å²) in [7, 11) is 0. The van der Waals surface area contributed by atoms with E-state index in [-0.39, 0.29) is 5.41 Å². The van der Waals surface area contributed by atoms with Crippen molar-refractivity contribution in [2.75, 3.05) is 4.90 Å². The second-order valence-corrected chi connectivity index (χ2v) is 18.3. The first-order valence-corrected chi connectivity index (χ1v) is 21.8. The third kappa shape index (κ3) is 4.41. The van der Waals surface area contributed by atoms with Crippen molar-refractivity contribution in [2.45, 2.75) is 24.7 Å². The van der Waals surface area contributed by atoms with E-state index in [0.717, 1.165) is 11.4 Å². The van der Waals surface area contributed by atoms with E-state index in [9.17, 15) is 0 Å². The standard InChI is InChI=1S/C58H39NS/c1-57(2)48-23-11-6-18-39(48)43-30-28-38(33-52(43)57)59(37-29-31-56-47(32-37)44-22-10-15-27-55(44)60-56)54-35-53-46(34-45(54)36-16-4-3-5-17-36)42-21-9-14-26-51(42)58(53)49-24-12-7-19-40(49)41-20-8-13-25-50(41)58/h3-35H,1-2H3. The Labute approximate surface area is 354 Å². The third-order valence-electron chi connectivity index (χ3n) is 13.9. The number of hydrogen-bond acceptors (Lipinski definition) is 2. The third-order valence-corrected chi connectivity index (χ3v) is 15.0. The average molecular weight is 782 g/mol. The molecule has 0 unspecified atom stereocenters. The predicted molar refractivity (Wildman–Crippen MR) is 253 cm³/mol. The molecule has 0 saturated heterocycles. The molecule has 0 radical (unpaired) electrons. The average Bonchev–Trinajstić information content (AvgIpc) is 3.98. The van der Waals surface area contributed by atoms with Crippen LogP contribution in [0.25, 0.3) is 64.7 Å². The maximum atomic E-state index is 2.57. The minimum absolute atomic E-state index is 0.149. The van der Waals surface area contributed by atoms with Crippen molar-refractivity contribution < 1.29 is 0 Å². The molecule has 1 aromatic heterocycles. The molecule has 1 heterocycles. The molecule has 1 spiro atoms. The van der Waals surface area contributed by atoms with Gasteiger partial charge in [-0.05, 0) is 121 Å². The molecule has 2 heteroatoms. The van der Waals surface area contributed by atoms with Crippen LogP contribution in [0.5, 0.6) is 0 Å². The summed E-state index contributed by atoms with van der Waals surface area (Å²) >= 11 is 1.87. The topological polar surface area (TPSA) is 3.24 Å². The first kappa shape index (κ1) is 33.9. The summed E-state index contributed by atoms with van der Waals surface area (Å²) in [6, 6.07) is 75.6. The maximum Gasteiger partial charge on any atom is 0.0726 e. The van der Waals surface area contributed by atoms with Gasteiger partial charge in [0.1, 0.15) is 0 Å². The number of hydrogen-bond donors (Lipinski definition) is 0. The molecule has 9 aromatic carbocycles. The quantitative estimate of drug-likeness (QED) is 0.172. The molecule has 3 aliphatic carbocycles. The van der Waals surface area contributed by atoms with E-state index in [1.807, 2.05) is 11.3 Å². The molecular formula is C58H39NS. The van der Waals surface area contributed by atoms with E-state index in [1.165, 1.54) is 104 Å². The lowest BCUT2D eigenvalue weighted by atomic mass is 9.70. The second-order valence-electron chi connectivity index (χ2n) is 17.2. The van der Waals surface area contributed by atoms with E-state index in [1.54, 1.807) is 0 Å². The van der Waals surface area contributed by atoms with Gasteiger partial charge in [0.25, 0.3) is 0 Å². The fourth-order valence-electron chi connectivity index (χ4n) is 11.3. The first-order chi connectivity index (χ1) is 29.5. The van der Waals surface area contributed by atoms with Crippen LogP contribution in [0.15, 0.2) is 200 Å². The Hall–Kier alpha value is -7.00. The van der Waals surface area contributed by atoms with Gasteiger partial charge in [0.2, 0.25) is 0 Å². The Morgan fingerprint density at radius 3 is 1.57 bits per heavy atom. The van der Waals surface area contributed by atoms with Crippen LogP contribution in [-0.2, 0) is 10.8 Å². The van der Waals surface area contributed by atoms with E-state index in [2.05, 4.69) is 219 Å². The molecule has 0 atom stereocenters. The van der Waals surface area contributed by atoms with Gasteiger partial charge in [-0.1, -0.05) is 166 Å². The summed E-state index contributed by atoms with van der Waals surface area (Å²) in [4.78, 5) is 2.57. The van der Waals surface area contributed by atoms with Crippen molar-refractivity contribution in [1.29, 1.82) is 0 Å². The van der Waals surface area contributed by atoms with Crippen molar-refractivity contribution in [3.05, 3.63) is 234 Å². The molecule has 0 amide bonds. The summed E-state index contributed by atoms with van der Waals surface area (Å²) in [6.45, 7) is 4.77. The number of rotatable bonds is 4. The summed E-state index contributed by atoms with van der Waals surface area (Å²) < 4.78 is 2.62. The normalized spacial score (nSPS) is 14.4. The molecule has 13 rings (SSSR count). The van der Waals surface area contributed by atoms with Gasteiger partial charge in [-0.25, -0.2) is 0 Å². The maximum absolute atomic E-state index is 2.57. The van der Waals surface area contributed by atoms with Gasteiger partial charge in [-0.2, -0.15) is 0 Å². The van der Waals surface area contributed by atoms with Gasteiger partial charge in [0.05, 0.1) is 11.1 Å². The van der Waals surface area contributed by atoms with Crippen LogP contribution in [0.1, 0.15) is 47.2 Å². The van der Waals surface area contributed by atoms with E-state index in [0.29, 0.717) is 0 Å². The van der Waals surface area contributed by atoms with E-state index in [4.69, 9.17) is 0 Å². The van der Waals surface area contributed by atoms with Gasteiger partial charge in [-0.3, -0.25) is 0 Å². The Bertz CT molecular complexity index is 3380. The molecule has 0 N–H and O–H groups in total. The van der Waals surface area contributed by atoms with Crippen LogP contribution < -0.4 is 4.90 Å². The minimum atomic E-state index is -0.468. The van der Waals surface area contributed by atoms with Gasteiger partial charge < -0.3 is 4.90 Å². The summed E-state index contributed by atoms with van der Waals surface area (Å²) in [6.07, 6.45) is 0. The lowest BCUT2D eigenvalue weighted by molar-refractivity contribution is 0.660. The SMILES string of the molecule is CC1(C)c2ccccc2-c2ccc(N(c3ccc4sc5ccccc5c4c3)c3cc4c(cc3-c3ccccc3)-c3ccccc3C43c4ccccc4-c4ccccc43)cc21. The number of benzene rings is 9. The molecular weight excluding hydrogens is 743 g/mol. The summed E-state index contributed by atoms with van der Waals surface area (Å²) in [5.41, 5.74) is 21.3. The van der Waals surface area contributed by atoms with Crippen molar-refractivity contribution in [3.63, 3.8) is 0 Å². The Kier molecular flexibility index (Phi) is 6.94. The smallest absolute Gasteiger partial charge is 0.0726 e. The molecule has 10 aromatic rings. The van der Waals surface area contributed by atoms with Crippen LogP contribution >= 0.6 is 11.3 Å². The zero-order chi connectivity index (χ0) is 39.7. The highest BCUT2D eigenvalue weighted by Crippen LogP contribution is 2.64. The zero-order valence-corrected chi connectivity index (χ0v) is 34.2. The van der Waals surface area contributed by atoms with Crippen molar-refractivity contribution in [1.82, 2.24) is 0 Å². The highest BCUT2D eigenvalue weighted by atomic mass is 32.1. The Balaban J connectivity index is 1.15. The predicted octanol–water partition coefficient (Wildman–Crippen LogP) is 15.8. The Morgan fingerprint density at radius 1 is 0.350 bits per heavy atom. The highest BCUT2D eigenvalue weighted by Gasteiger charge is 2.52. The van der Waals surface area contributed by atoms with Crippen LogP contribution in [-0.4, -0.2) is 0 Å². The fourth-order valence-corrected chi connectivity index (χ4v) is 12.4. The second kappa shape index (κ2) is 12.3. The van der Waals surface area contributed by atoms with Crippen molar-refractivity contribution in [2.24, 2.45) is 0 Å². The van der Waals surface area contributed by atoms with Crippen LogP contribution in [0.2, 0.25) is 0 Å². The monoisotopic (exact) mass is 781 g/mol. The van der Waals surface area contributed by atoms with Gasteiger partial charge in [0.15, 0.2) is 0 Å². The van der Waals surface area contributed by atoms with Gasteiger partial charge in [0, 0.05) is 42.5 Å². The van der Waals surface area contributed by atoms with Crippen LogP contribution in [0, 0.1) is 0 Å². The first-order valence-electron chi connectivity index (χ1n) is 21.0. The largest absolute Gasteiger partial charge is 0.310 e. The minimum Gasteiger partial charge on any atom is -0.310 e. The van der Waals surface area contributed by atoms with E-state index >= 15 is 0 Å². The van der Waals surface area contributed by atoms with Crippen molar-refractivity contribution >= 4 is 48.6 Å². The molecule has 3 aliphatic rings. The summed E-state index contributed by atoms with van der Waals surface area (Å²) in [5.74, 6) is 0. The zero-order valence-electron chi connectivity index (χ0n) is 33.4. The van der Waals surface area contributed by atoms with Crippen LogP contribution in [0.4, 0.5) is 17.1 Å². The van der Waals surface area contributed by atoms with Crippen LogP contribution in [0.3, 0.4) is 0 Å². The Morgan fingerprint density at radius 2 is 0.867 bits per heavy atom. The van der Waals surface area contributed by atoms with E-state index < -0.39 is 5.41 Å². The fraction of sp³-hybridized carbons (Fsp3) is 0.0690. The molecule has 0 bridgehead atoms. The number of fused-ring (bicyclic) bond motifs is 16. The molecule has 282 valence electrons. The van der Waals surface area contributed by atoms with Gasteiger partial charge >= 0.3 is 0 Å². The molecule has 1 nitrogen and oxygen atoms in total. The molecule has 0 saturated carbocycles. The highest BCUT2D eigenvalue weighted by molar-refractivity contribution is 7.25. The number of anilines is 3. The molecule has 0 fully saturated rings. The molecule has 0 aliphatic heterocycles. The lowest BCUT2D eigenvalue weighted by Crippen LogP contribution is -2.26. The van der Waals surface area contributed by atoms with Crippen molar-refractivity contribution in [3.8, 4) is 44.5 Å². The number of nitrogens with zero attached hydrogens (tertiary/aromatic N) is 1.